The summed E-state index contributed by atoms with van der Waals surface area (Å²) in [6.45, 7) is 5.73. The van der Waals surface area contributed by atoms with Gasteiger partial charge in [0, 0.05) is 11.1 Å². The first-order valence-corrected chi connectivity index (χ1v) is 8.04. The van der Waals surface area contributed by atoms with Crippen LogP contribution in [0.15, 0.2) is 36.4 Å². The third-order valence-corrected chi connectivity index (χ3v) is 3.70. The van der Waals surface area contributed by atoms with Crippen molar-refractivity contribution in [1.82, 2.24) is 0 Å². The van der Waals surface area contributed by atoms with Gasteiger partial charge in [0.1, 0.15) is 23.7 Å². The van der Waals surface area contributed by atoms with Gasteiger partial charge in [0.05, 0.1) is 13.7 Å². The number of methoxy groups -OCH3 is 1. The van der Waals surface area contributed by atoms with Crippen LogP contribution in [0.2, 0.25) is 0 Å². The highest BCUT2D eigenvalue weighted by molar-refractivity contribution is 5.94. The molecule has 0 aromatic heterocycles. The fourth-order valence-corrected chi connectivity index (χ4v) is 2.41. The van der Waals surface area contributed by atoms with E-state index in [1.165, 1.54) is 14.0 Å². The first-order chi connectivity index (χ1) is 12.0. The van der Waals surface area contributed by atoms with Crippen LogP contribution in [0, 0.1) is 6.92 Å². The van der Waals surface area contributed by atoms with Crippen molar-refractivity contribution in [3.05, 3.63) is 58.7 Å². The number of ketones is 1. The quantitative estimate of drug-likeness (QED) is 0.563. The number of esters is 1. The molecule has 0 aliphatic carbocycles. The van der Waals surface area contributed by atoms with Gasteiger partial charge < -0.3 is 14.2 Å². The molecule has 0 unspecified atom stereocenters. The van der Waals surface area contributed by atoms with E-state index < -0.39 is 5.97 Å². The van der Waals surface area contributed by atoms with Crippen LogP contribution in [-0.4, -0.2) is 25.5 Å². The third kappa shape index (κ3) is 4.59. The first kappa shape index (κ1) is 18.5. The van der Waals surface area contributed by atoms with Gasteiger partial charge in [0.25, 0.3) is 0 Å². The van der Waals surface area contributed by atoms with Crippen molar-refractivity contribution in [2.75, 3.05) is 13.7 Å². The minimum Gasteiger partial charge on any atom is -0.496 e. The lowest BCUT2D eigenvalue weighted by atomic mass is 10.1. The molecule has 0 aliphatic rings. The topological polar surface area (TPSA) is 61.8 Å². The van der Waals surface area contributed by atoms with Crippen molar-refractivity contribution >= 4 is 11.8 Å². The van der Waals surface area contributed by atoms with Crippen molar-refractivity contribution < 1.29 is 23.8 Å². The molecule has 0 saturated heterocycles. The number of hydrogen-bond donors (Lipinski definition) is 0. The van der Waals surface area contributed by atoms with Crippen LogP contribution in [0.1, 0.15) is 45.7 Å². The second-order valence-electron chi connectivity index (χ2n) is 5.59. The number of ether oxygens (including phenoxy) is 3. The van der Waals surface area contributed by atoms with E-state index in [9.17, 15) is 9.59 Å². The van der Waals surface area contributed by atoms with Crippen molar-refractivity contribution in [2.45, 2.75) is 27.4 Å². The summed E-state index contributed by atoms with van der Waals surface area (Å²) in [7, 11) is 1.50. The number of Topliss-reactive ketones (excluding diaryl/α,β-unsaturated/α-hetero) is 1. The number of rotatable bonds is 7. The lowest BCUT2D eigenvalue weighted by Crippen LogP contribution is -2.09. The van der Waals surface area contributed by atoms with E-state index in [0.717, 1.165) is 5.56 Å². The predicted molar refractivity (Wildman–Crippen MR) is 94.5 cm³/mol. The summed E-state index contributed by atoms with van der Waals surface area (Å²) in [4.78, 5) is 24.0. The molecule has 0 aliphatic heterocycles. The van der Waals surface area contributed by atoms with Crippen molar-refractivity contribution in [3.8, 4) is 11.5 Å². The van der Waals surface area contributed by atoms with Crippen LogP contribution in [0.5, 0.6) is 11.5 Å². The molecule has 0 saturated carbocycles. The summed E-state index contributed by atoms with van der Waals surface area (Å²) < 4.78 is 16.2. The monoisotopic (exact) mass is 342 g/mol. The number of carbonyl (C=O) groups excluding carboxylic acids is 2. The van der Waals surface area contributed by atoms with E-state index in [0.29, 0.717) is 34.8 Å². The highest BCUT2D eigenvalue weighted by atomic mass is 16.5. The number of aryl methyl sites for hydroxylation is 1. The van der Waals surface area contributed by atoms with Gasteiger partial charge in [-0.1, -0.05) is 11.6 Å². The Labute approximate surface area is 147 Å². The molecule has 0 spiro atoms. The third-order valence-electron chi connectivity index (χ3n) is 3.70. The molecule has 132 valence electrons. The van der Waals surface area contributed by atoms with Crippen LogP contribution in [-0.2, 0) is 11.3 Å². The summed E-state index contributed by atoms with van der Waals surface area (Å²) in [6, 6.07) is 10.4. The van der Waals surface area contributed by atoms with Crippen molar-refractivity contribution in [2.24, 2.45) is 0 Å². The molecular weight excluding hydrogens is 320 g/mol. The second-order valence-corrected chi connectivity index (χ2v) is 5.59. The summed E-state index contributed by atoms with van der Waals surface area (Å²) >= 11 is 0. The summed E-state index contributed by atoms with van der Waals surface area (Å²) in [6.07, 6.45) is 0. The Morgan fingerprint density at radius 3 is 2.40 bits per heavy atom. The molecule has 0 bridgehead atoms. The van der Waals surface area contributed by atoms with Gasteiger partial charge in [0.15, 0.2) is 5.78 Å². The van der Waals surface area contributed by atoms with Crippen molar-refractivity contribution in [1.29, 1.82) is 0 Å². The van der Waals surface area contributed by atoms with E-state index in [4.69, 9.17) is 14.2 Å². The molecule has 5 heteroatoms. The summed E-state index contributed by atoms with van der Waals surface area (Å²) in [5.74, 6) is 0.502. The minimum absolute atomic E-state index is 0.00633. The second kappa shape index (κ2) is 8.33. The van der Waals surface area contributed by atoms with E-state index in [1.54, 1.807) is 30.3 Å². The Morgan fingerprint density at radius 2 is 1.76 bits per heavy atom. The number of benzene rings is 2. The maximum Gasteiger partial charge on any atom is 0.342 e. The fraction of sp³-hybridized carbons (Fsp3) is 0.300. The van der Waals surface area contributed by atoms with Gasteiger partial charge in [-0.2, -0.15) is 0 Å². The number of hydrogen-bond acceptors (Lipinski definition) is 5. The Balaban J connectivity index is 2.22. The maximum atomic E-state index is 12.4. The standard InChI is InChI=1S/C20H22O5/c1-5-24-18-9-7-15(14(3)21)11-16(18)12-25-20(22)17-10-13(2)6-8-19(17)23-4/h6-11H,5,12H2,1-4H3. The first-order valence-electron chi connectivity index (χ1n) is 8.04. The molecule has 0 atom stereocenters. The molecule has 2 aromatic carbocycles. The number of carbonyl (C=O) groups is 2. The van der Waals surface area contributed by atoms with Gasteiger partial charge in [-0.05, 0) is 51.1 Å². The van der Waals surface area contributed by atoms with Gasteiger partial charge in [-0.15, -0.1) is 0 Å². The van der Waals surface area contributed by atoms with E-state index in [2.05, 4.69) is 0 Å². The SMILES string of the molecule is CCOc1ccc(C(C)=O)cc1COC(=O)c1cc(C)ccc1OC. The Hall–Kier alpha value is -2.82. The normalized spacial score (nSPS) is 10.2. The van der Waals surface area contributed by atoms with Crippen LogP contribution >= 0.6 is 0 Å². The average molecular weight is 342 g/mol. The highest BCUT2D eigenvalue weighted by Gasteiger charge is 2.16. The lowest BCUT2D eigenvalue weighted by Gasteiger charge is -2.13. The summed E-state index contributed by atoms with van der Waals surface area (Å²) in [5, 5.41) is 0. The van der Waals surface area contributed by atoms with Gasteiger partial charge >= 0.3 is 5.97 Å². The van der Waals surface area contributed by atoms with Crippen LogP contribution in [0.3, 0.4) is 0 Å². The predicted octanol–water partition coefficient (Wildman–Crippen LogP) is 3.96. The van der Waals surface area contributed by atoms with E-state index in [1.807, 2.05) is 19.9 Å². The van der Waals surface area contributed by atoms with Crippen LogP contribution in [0.25, 0.3) is 0 Å². The van der Waals surface area contributed by atoms with E-state index >= 15 is 0 Å². The Morgan fingerprint density at radius 1 is 1.04 bits per heavy atom. The Kier molecular flexibility index (Phi) is 6.17. The molecule has 2 aromatic rings. The largest absolute Gasteiger partial charge is 0.496 e. The molecule has 2 rings (SSSR count). The van der Waals surface area contributed by atoms with Gasteiger partial charge in [0.2, 0.25) is 0 Å². The Bertz CT molecular complexity index is 780. The van der Waals surface area contributed by atoms with E-state index in [-0.39, 0.29) is 12.4 Å². The molecule has 5 nitrogen and oxygen atoms in total. The smallest absolute Gasteiger partial charge is 0.342 e. The highest BCUT2D eigenvalue weighted by Crippen LogP contribution is 2.24. The molecule has 0 radical (unpaired) electrons. The lowest BCUT2D eigenvalue weighted by molar-refractivity contribution is 0.0466. The van der Waals surface area contributed by atoms with Crippen molar-refractivity contribution in [3.63, 3.8) is 0 Å². The molecule has 0 amide bonds. The zero-order valence-electron chi connectivity index (χ0n) is 14.9. The van der Waals surface area contributed by atoms with Crippen LogP contribution < -0.4 is 9.47 Å². The molecular formula is C20H22O5. The fourth-order valence-electron chi connectivity index (χ4n) is 2.41. The summed E-state index contributed by atoms with van der Waals surface area (Å²) in [5.41, 5.74) is 2.49. The zero-order valence-corrected chi connectivity index (χ0v) is 14.9. The van der Waals surface area contributed by atoms with Gasteiger partial charge in [-0.25, -0.2) is 4.79 Å². The zero-order chi connectivity index (χ0) is 18.4. The minimum atomic E-state index is -0.490. The average Bonchev–Trinajstić information content (AvgIpc) is 2.60. The van der Waals surface area contributed by atoms with Gasteiger partial charge in [-0.3, -0.25) is 4.79 Å². The molecule has 25 heavy (non-hydrogen) atoms. The molecule has 0 heterocycles. The maximum absolute atomic E-state index is 12.4. The molecule has 0 fully saturated rings. The van der Waals surface area contributed by atoms with Crippen LogP contribution in [0.4, 0.5) is 0 Å². The molecule has 0 N–H and O–H groups in total.